The highest BCUT2D eigenvalue weighted by molar-refractivity contribution is 5.99. The van der Waals surface area contributed by atoms with E-state index in [2.05, 4.69) is 27.0 Å². The molecule has 2 amide bonds. The molecule has 1 aromatic carbocycles. The zero-order valence-corrected chi connectivity index (χ0v) is 20.0. The van der Waals surface area contributed by atoms with E-state index in [0.29, 0.717) is 37.5 Å². The van der Waals surface area contributed by atoms with Crippen LogP contribution in [-0.4, -0.2) is 79.0 Å². The molecule has 0 bridgehead atoms. The lowest BCUT2D eigenvalue weighted by Crippen LogP contribution is -2.46. The quantitative estimate of drug-likeness (QED) is 0.543. The first-order valence-corrected chi connectivity index (χ1v) is 12.3. The number of ether oxygens (including phenoxy) is 1. The number of benzene rings is 1. The maximum atomic E-state index is 13.2. The average Bonchev–Trinajstić information content (AvgIpc) is 2.88. The zero-order chi connectivity index (χ0) is 23.8. The Labute approximate surface area is 201 Å². The van der Waals surface area contributed by atoms with Crippen LogP contribution in [0.4, 0.5) is 5.82 Å². The van der Waals surface area contributed by atoms with Crippen LogP contribution in [0.25, 0.3) is 0 Å². The lowest BCUT2D eigenvalue weighted by molar-refractivity contribution is -0.127. The number of hydrogen-bond acceptors (Lipinski definition) is 6. The highest BCUT2D eigenvalue weighted by Gasteiger charge is 2.36. The highest BCUT2D eigenvalue weighted by atomic mass is 16.5. The van der Waals surface area contributed by atoms with Crippen LogP contribution in [0.5, 0.6) is 5.75 Å². The number of aromatic nitrogens is 1. The minimum absolute atomic E-state index is 0.0253. The normalized spacial score (nSPS) is 18.9. The van der Waals surface area contributed by atoms with E-state index < -0.39 is 6.10 Å². The number of nitrogens with one attached hydrogen (secondary N) is 1. The van der Waals surface area contributed by atoms with Crippen LogP contribution in [0.3, 0.4) is 0 Å². The topological polar surface area (TPSA) is 78.0 Å². The van der Waals surface area contributed by atoms with Gasteiger partial charge in [0, 0.05) is 57.4 Å². The van der Waals surface area contributed by atoms with Crippen molar-refractivity contribution in [2.75, 3.05) is 57.3 Å². The van der Waals surface area contributed by atoms with Crippen molar-refractivity contribution in [1.29, 1.82) is 0 Å². The molecule has 3 heterocycles. The number of amides is 2. The van der Waals surface area contributed by atoms with Gasteiger partial charge in [0.15, 0.2) is 11.6 Å². The smallest absolute Gasteiger partial charge is 0.274 e. The molecule has 1 N–H and O–H groups in total. The minimum Gasteiger partial charge on any atom is -0.472 e. The second-order valence-electron chi connectivity index (χ2n) is 8.81. The van der Waals surface area contributed by atoms with Gasteiger partial charge in [-0.3, -0.25) is 14.5 Å². The SMILES string of the molecule is CCN1CCN(CCCNC(=O)CCCN2C(=O)[C@H](c3ccccc3)Oc3cccnc32)CC1. The van der Waals surface area contributed by atoms with Gasteiger partial charge < -0.3 is 19.9 Å². The van der Waals surface area contributed by atoms with E-state index in [1.54, 1.807) is 17.2 Å². The molecule has 1 atom stereocenters. The number of fused-ring (bicyclic) bond motifs is 1. The lowest BCUT2D eigenvalue weighted by Gasteiger charge is -2.34. The second kappa shape index (κ2) is 11.9. The van der Waals surface area contributed by atoms with Crippen molar-refractivity contribution < 1.29 is 14.3 Å². The first kappa shape index (κ1) is 24.2. The van der Waals surface area contributed by atoms with Gasteiger partial charge in [-0.2, -0.15) is 0 Å². The van der Waals surface area contributed by atoms with Crippen LogP contribution in [-0.2, 0) is 9.59 Å². The molecule has 0 saturated carbocycles. The molecule has 0 aliphatic carbocycles. The molecular formula is C26H35N5O3. The van der Waals surface area contributed by atoms with Crippen LogP contribution in [0.15, 0.2) is 48.7 Å². The van der Waals surface area contributed by atoms with Crippen LogP contribution in [0, 0.1) is 0 Å². The first-order chi connectivity index (χ1) is 16.7. The molecule has 0 spiro atoms. The van der Waals surface area contributed by atoms with Crippen LogP contribution in [0.1, 0.15) is 37.9 Å². The number of piperazine rings is 1. The fourth-order valence-electron chi connectivity index (χ4n) is 4.50. The van der Waals surface area contributed by atoms with Gasteiger partial charge in [0.05, 0.1) is 0 Å². The summed E-state index contributed by atoms with van der Waals surface area (Å²) in [4.78, 5) is 36.5. The van der Waals surface area contributed by atoms with Crippen LogP contribution in [0.2, 0.25) is 0 Å². The van der Waals surface area contributed by atoms with Gasteiger partial charge in [-0.25, -0.2) is 4.98 Å². The van der Waals surface area contributed by atoms with Gasteiger partial charge in [-0.05, 0) is 38.1 Å². The van der Waals surface area contributed by atoms with E-state index >= 15 is 0 Å². The van der Waals surface area contributed by atoms with Crippen molar-refractivity contribution in [3.8, 4) is 5.75 Å². The Bertz CT molecular complexity index is 946. The van der Waals surface area contributed by atoms with Gasteiger partial charge in [-0.1, -0.05) is 37.3 Å². The monoisotopic (exact) mass is 465 g/mol. The van der Waals surface area contributed by atoms with Crippen molar-refractivity contribution in [2.24, 2.45) is 0 Å². The number of hydrogen-bond donors (Lipinski definition) is 1. The number of carbonyl (C=O) groups is 2. The van der Waals surface area contributed by atoms with Crippen molar-refractivity contribution in [1.82, 2.24) is 20.1 Å². The minimum atomic E-state index is -0.703. The molecule has 2 aliphatic rings. The third kappa shape index (κ3) is 6.12. The van der Waals surface area contributed by atoms with Gasteiger partial charge in [0.25, 0.3) is 5.91 Å². The number of rotatable bonds is 10. The Kier molecular flexibility index (Phi) is 8.49. The van der Waals surface area contributed by atoms with E-state index in [1.165, 1.54) is 0 Å². The summed E-state index contributed by atoms with van der Waals surface area (Å²) in [5.74, 6) is 0.974. The summed E-state index contributed by atoms with van der Waals surface area (Å²) in [5, 5.41) is 3.03. The molecule has 4 rings (SSSR count). The van der Waals surface area contributed by atoms with E-state index in [4.69, 9.17) is 4.74 Å². The zero-order valence-electron chi connectivity index (χ0n) is 20.0. The number of anilines is 1. The van der Waals surface area contributed by atoms with Crippen LogP contribution < -0.4 is 15.0 Å². The van der Waals surface area contributed by atoms with Crippen molar-refractivity contribution in [2.45, 2.75) is 32.3 Å². The molecule has 8 heteroatoms. The molecule has 1 fully saturated rings. The average molecular weight is 466 g/mol. The fourth-order valence-corrected chi connectivity index (χ4v) is 4.50. The van der Waals surface area contributed by atoms with Crippen molar-refractivity contribution in [3.05, 3.63) is 54.2 Å². The molecule has 2 aliphatic heterocycles. The van der Waals surface area contributed by atoms with Gasteiger partial charge in [0.1, 0.15) is 0 Å². The fraction of sp³-hybridized carbons (Fsp3) is 0.500. The summed E-state index contributed by atoms with van der Waals surface area (Å²) in [6.07, 6.45) is 2.84. The number of nitrogens with zero attached hydrogens (tertiary/aromatic N) is 4. The Morgan fingerprint density at radius 2 is 1.79 bits per heavy atom. The molecule has 8 nitrogen and oxygen atoms in total. The molecule has 182 valence electrons. The molecule has 1 saturated heterocycles. The predicted octanol–water partition coefficient (Wildman–Crippen LogP) is 2.47. The highest BCUT2D eigenvalue weighted by Crippen LogP contribution is 2.37. The number of carbonyl (C=O) groups excluding carboxylic acids is 2. The maximum absolute atomic E-state index is 13.2. The molecule has 0 unspecified atom stereocenters. The van der Waals surface area contributed by atoms with Crippen molar-refractivity contribution in [3.63, 3.8) is 0 Å². The Hall–Kier alpha value is -2.97. The van der Waals surface area contributed by atoms with Crippen LogP contribution >= 0.6 is 0 Å². The van der Waals surface area contributed by atoms with E-state index in [9.17, 15) is 9.59 Å². The Balaban J connectivity index is 1.22. The Morgan fingerprint density at radius 3 is 2.56 bits per heavy atom. The summed E-state index contributed by atoms with van der Waals surface area (Å²) < 4.78 is 5.98. The summed E-state index contributed by atoms with van der Waals surface area (Å²) in [7, 11) is 0. The summed E-state index contributed by atoms with van der Waals surface area (Å²) >= 11 is 0. The maximum Gasteiger partial charge on any atom is 0.274 e. The summed E-state index contributed by atoms with van der Waals surface area (Å²) in [5.41, 5.74) is 0.806. The van der Waals surface area contributed by atoms with Gasteiger partial charge in [0.2, 0.25) is 12.0 Å². The first-order valence-electron chi connectivity index (χ1n) is 12.3. The molecule has 2 aromatic rings. The largest absolute Gasteiger partial charge is 0.472 e. The third-order valence-corrected chi connectivity index (χ3v) is 6.51. The van der Waals surface area contributed by atoms with Crippen molar-refractivity contribution >= 4 is 17.6 Å². The summed E-state index contributed by atoms with van der Waals surface area (Å²) in [6.45, 7) is 9.92. The third-order valence-electron chi connectivity index (χ3n) is 6.51. The second-order valence-corrected chi connectivity index (χ2v) is 8.81. The number of pyridine rings is 1. The molecule has 1 aromatic heterocycles. The molecular weight excluding hydrogens is 430 g/mol. The molecule has 34 heavy (non-hydrogen) atoms. The standard InChI is InChI=1S/C26H35N5O3/c1-2-29-17-19-30(20-18-29)15-8-14-27-23(32)12-7-16-31-25-22(11-6-13-28-25)34-24(26(31)33)21-9-4-3-5-10-21/h3-6,9-11,13,24H,2,7-8,12,14-20H2,1H3,(H,27,32)/t24-/m0/s1. The van der Waals surface area contributed by atoms with E-state index in [0.717, 1.165) is 51.3 Å². The predicted molar refractivity (Wildman–Crippen MR) is 132 cm³/mol. The lowest BCUT2D eigenvalue weighted by atomic mass is 10.1. The van der Waals surface area contributed by atoms with Gasteiger partial charge >= 0.3 is 0 Å². The number of likely N-dealkylation sites (N-methyl/N-ethyl adjacent to an activating group) is 1. The van der Waals surface area contributed by atoms with E-state index in [1.807, 2.05) is 36.4 Å². The van der Waals surface area contributed by atoms with Gasteiger partial charge in [-0.15, -0.1) is 0 Å². The van der Waals surface area contributed by atoms with E-state index in [-0.39, 0.29) is 11.8 Å². The molecule has 0 radical (unpaired) electrons. The Morgan fingerprint density at radius 1 is 1.03 bits per heavy atom. The summed E-state index contributed by atoms with van der Waals surface area (Å²) in [6, 6.07) is 13.1.